The number of Topliss-reactive ketones (excluding diaryl/α,β-unsaturated/α-hetero) is 2. The number of ketones is 2. The molecule has 2 unspecified atom stereocenters. The molecule has 25 heavy (non-hydrogen) atoms. The Bertz CT molecular complexity index is 576. The van der Waals surface area contributed by atoms with E-state index in [1.54, 1.807) is 31.2 Å². The fraction of sp³-hybridized carbons (Fsp3) is 0.550. The van der Waals surface area contributed by atoms with Crippen LogP contribution in [-0.2, 0) is 16.0 Å². The lowest BCUT2D eigenvalue weighted by atomic mass is 9.89. The summed E-state index contributed by atoms with van der Waals surface area (Å²) in [7, 11) is 0. The van der Waals surface area contributed by atoms with E-state index >= 15 is 0 Å². The number of aliphatic carboxylic acids is 1. The average Bonchev–Trinajstić information content (AvgIpc) is 2.58. The Labute approximate surface area is 149 Å². The Morgan fingerprint density at radius 3 is 2.16 bits per heavy atom. The summed E-state index contributed by atoms with van der Waals surface area (Å²) in [5.74, 6) is -4.99. The summed E-state index contributed by atoms with van der Waals surface area (Å²) in [5, 5.41) is 21.3. The van der Waals surface area contributed by atoms with E-state index in [9.17, 15) is 24.6 Å². The summed E-state index contributed by atoms with van der Waals surface area (Å²) in [5.41, 5.74) is 1.28. The van der Waals surface area contributed by atoms with Crippen molar-refractivity contribution in [2.45, 2.75) is 64.9 Å². The van der Waals surface area contributed by atoms with Gasteiger partial charge in [0.05, 0.1) is 11.9 Å². The van der Waals surface area contributed by atoms with Gasteiger partial charge >= 0.3 is 0 Å². The van der Waals surface area contributed by atoms with Crippen LogP contribution in [-0.4, -0.2) is 28.7 Å². The molecule has 0 radical (unpaired) electrons. The van der Waals surface area contributed by atoms with Crippen LogP contribution in [0.15, 0.2) is 24.3 Å². The van der Waals surface area contributed by atoms with Gasteiger partial charge in [0, 0.05) is 12.0 Å². The number of carbonyl (C=O) groups excluding carboxylic acids is 3. The molecule has 0 aliphatic carbocycles. The van der Waals surface area contributed by atoms with E-state index in [1.165, 1.54) is 12.8 Å². The van der Waals surface area contributed by atoms with Crippen LogP contribution in [0.2, 0.25) is 0 Å². The number of unbranched alkanes of at least 4 members (excludes halogenated alkanes) is 3. The number of carbonyl (C=O) groups is 3. The fourth-order valence-corrected chi connectivity index (χ4v) is 2.75. The smallest absolute Gasteiger partial charge is 0.192 e. The molecule has 1 aromatic rings. The Morgan fingerprint density at radius 2 is 1.64 bits per heavy atom. The molecular formula is C20H27O5-. The molecule has 0 aliphatic rings. The van der Waals surface area contributed by atoms with E-state index in [4.69, 9.17) is 0 Å². The zero-order chi connectivity index (χ0) is 18.8. The van der Waals surface area contributed by atoms with Gasteiger partial charge in [0.25, 0.3) is 0 Å². The molecule has 0 saturated carbocycles. The fourth-order valence-electron chi connectivity index (χ4n) is 2.75. The van der Waals surface area contributed by atoms with Crippen LogP contribution in [0.3, 0.4) is 0 Å². The van der Waals surface area contributed by atoms with E-state index < -0.39 is 29.6 Å². The van der Waals surface area contributed by atoms with Gasteiger partial charge in [-0.25, -0.2) is 0 Å². The molecule has 0 spiro atoms. The second-order valence-corrected chi connectivity index (χ2v) is 6.33. The van der Waals surface area contributed by atoms with E-state index in [1.807, 2.05) is 0 Å². The molecule has 5 nitrogen and oxygen atoms in total. The minimum Gasteiger partial charge on any atom is -0.549 e. The normalized spacial score (nSPS) is 13.2. The monoisotopic (exact) mass is 347 g/mol. The molecule has 0 aliphatic heterocycles. The first-order valence-corrected chi connectivity index (χ1v) is 8.97. The number of aliphatic hydroxyl groups is 1. The molecular weight excluding hydrogens is 320 g/mol. The van der Waals surface area contributed by atoms with Crippen LogP contribution < -0.4 is 5.11 Å². The van der Waals surface area contributed by atoms with E-state index in [2.05, 4.69) is 6.92 Å². The van der Waals surface area contributed by atoms with Crippen LogP contribution in [0.4, 0.5) is 0 Å². The second-order valence-electron chi connectivity index (χ2n) is 6.33. The quantitative estimate of drug-likeness (QED) is 0.355. The van der Waals surface area contributed by atoms with Crippen molar-refractivity contribution in [1.29, 1.82) is 0 Å². The Kier molecular flexibility index (Phi) is 9.06. The third-order valence-electron chi connectivity index (χ3n) is 4.24. The van der Waals surface area contributed by atoms with Gasteiger partial charge < -0.3 is 15.0 Å². The molecule has 1 rings (SSSR count). The molecule has 0 amide bonds. The van der Waals surface area contributed by atoms with Crippen molar-refractivity contribution < 1.29 is 24.6 Å². The van der Waals surface area contributed by atoms with Gasteiger partial charge in [-0.3, -0.25) is 9.59 Å². The Morgan fingerprint density at radius 1 is 1.00 bits per heavy atom. The van der Waals surface area contributed by atoms with Gasteiger partial charge in [0.15, 0.2) is 5.78 Å². The number of aryl methyl sites for hydroxylation is 1. The van der Waals surface area contributed by atoms with Gasteiger partial charge in [-0.15, -0.1) is 0 Å². The summed E-state index contributed by atoms with van der Waals surface area (Å²) in [6, 6.07) is 6.73. The molecule has 0 aromatic heterocycles. The minimum atomic E-state index is -1.92. The highest BCUT2D eigenvalue weighted by molar-refractivity contribution is 6.08. The van der Waals surface area contributed by atoms with Gasteiger partial charge in [-0.05, 0) is 24.8 Å². The first-order chi connectivity index (χ1) is 11.9. The lowest BCUT2D eigenvalue weighted by molar-refractivity contribution is -0.311. The van der Waals surface area contributed by atoms with E-state index in [0.29, 0.717) is 6.42 Å². The number of carboxylic acids is 1. The standard InChI is InChI=1S/C20H28O5/c1-3-5-6-7-9-14-10-12-15(13-11-14)18(22)19(23)17(20(24)25)16(21)8-4-2/h10-13,17,19,23H,3-9H2,1-2H3,(H,24,25)/p-1. The van der Waals surface area contributed by atoms with Crippen LogP contribution in [0, 0.1) is 5.92 Å². The van der Waals surface area contributed by atoms with Crippen molar-refractivity contribution in [1.82, 2.24) is 0 Å². The number of aliphatic hydroxyl groups excluding tert-OH is 1. The van der Waals surface area contributed by atoms with Gasteiger partial charge in [-0.2, -0.15) is 0 Å². The van der Waals surface area contributed by atoms with Crippen molar-refractivity contribution in [2.75, 3.05) is 0 Å². The maximum atomic E-state index is 12.3. The molecule has 5 heteroatoms. The molecule has 2 atom stereocenters. The van der Waals surface area contributed by atoms with Gasteiger partial charge in [-0.1, -0.05) is 57.4 Å². The number of rotatable bonds is 12. The predicted molar refractivity (Wildman–Crippen MR) is 93.0 cm³/mol. The first kappa shape index (κ1) is 21.0. The van der Waals surface area contributed by atoms with Crippen molar-refractivity contribution >= 4 is 17.5 Å². The molecule has 0 fully saturated rings. The molecule has 0 saturated heterocycles. The zero-order valence-corrected chi connectivity index (χ0v) is 15.0. The zero-order valence-electron chi connectivity index (χ0n) is 15.0. The Hall–Kier alpha value is -2.01. The SMILES string of the molecule is CCCCCCc1ccc(C(=O)C(O)C(C(=O)[O-])C(=O)CCC)cc1. The van der Waals surface area contributed by atoms with Crippen LogP contribution in [0.5, 0.6) is 0 Å². The van der Waals surface area contributed by atoms with Crippen LogP contribution in [0.25, 0.3) is 0 Å². The van der Waals surface area contributed by atoms with E-state index in [-0.39, 0.29) is 12.0 Å². The minimum absolute atomic E-state index is 0.0142. The third kappa shape index (κ3) is 6.42. The molecule has 138 valence electrons. The van der Waals surface area contributed by atoms with Gasteiger partial charge in [0.1, 0.15) is 11.9 Å². The molecule has 1 N–H and O–H groups in total. The highest BCUT2D eigenvalue weighted by Crippen LogP contribution is 2.16. The van der Waals surface area contributed by atoms with Gasteiger partial charge in [0.2, 0.25) is 0 Å². The predicted octanol–water partition coefficient (Wildman–Crippen LogP) is 2.09. The van der Waals surface area contributed by atoms with Crippen LogP contribution >= 0.6 is 0 Å². The lowest BCUT2D eigenvalue weighted by Gasteiger charge is -2.21. The maximum Gasteiger partial charge on any atom is 0.192 e. The highest BCUT2D eigenvalue weighted by Gasteiger charge is 2.33. The van der Waals surface area contributed by atoms with Crippen molar-refractivity contribution in [3.05, 3.63) is 35.4 Å². The summed E-state index contributed by atoms with van der Waals surface area (Å²) in [6.45, 7) is 3.87. The summed E-state index contributed by atoms with van der Waals surface area (Å²) in [4.78, 5) is 35.3. The average molecular weight is 347 g/mol. The topological polar surface area (TPSA) is 94.5 Å². The highest BCUT2D eigenvalue weighted by atomic mass is 16.4. The molecule has 1 aromatic carbocycles. The maximum absolute atomic E-state index is 12.3. The number of carboxylic acid groups (broad SMARTS) is 1. The number of hydrogen-bond donors (Lipinski definition) is 1. The Balaban J connectivity index is 2.76. The number of hydrogen-bond acceptors (Lipinski definition) is 5. The first-order valence-electron chi connectivity index (χ1n) is 8.97. The van der Waals surface area contributed by atoms with E-state index in [0.717, 1.165) is 24.8 Å². The third-order valence-corrected chi connectivity index (χ3v) is 4.24. The summed E-state index contributed by atoms with van der Waals surface area (Å²) >= 11 is 0. The second kappa shape index (κ2) is 10.8. The summed E-state index contributed by atoms with van der Waals surface area (Å²) in [6.07, 6.45) is 4.01. The summed E-state index contributed by atoms with van der Waals surface area (Å²) < 4.78 is 0. The largest absolute Gasteiger partial charge is 0.549 e. The molecule has 0 heterocycles. The number of benzene rings is 1. The van der Waals surface area contributed by atoms with Crippen LogP contribution in [0.1, 0.15) is 68.3 Å². The van der Waals surface area contributed by atoms with Crippen molar-refractivity contribution in [3.8, 4) is 0 Å². The van der Waals surface area contributed by atoms with Crippen molar-refractivity contribution in [2.24, 2.45) is 5.92 Å². The molecule has 0 bridgehead atoms. The van der Waals surface area contributed by atoms with Crippen molar-refractivity contribution in [3.63, 3.8) is 0 Å². The lowest BCUT2D eigenvalue weighted by Crippen LogP contribution is -2.46.